The summed E-state index contributed by atoms with van der Waals surface area (Å²) in [7, 11) is 0. The minimum atomic E-state index is -0.807. The van der Waals surface area contributed by atoms with Crippen molar-refractivity contribution in [1.29, 1.82) is 0 Å². The van der Waals surface area contributed by atoms with Crippen LogP contribution in [0.2, 0.25) is 0 Å². The van der Waals surface area contributed by atoms with E-state index in [2.05, 4.69) is 15.3 Å². The fourth-order valence-electron chi connectivity index (χ4n) is 1.33. The number of amides is 1. The van der Waals surface area contributed by atoms with Crippen molar-refractivity contribution in [2.75, 3.05) is 6.54 Å². The second-order valence-corrected chi connectivity index (χ2v) is 3.62. The molecule has 1 heterocycles. The molecule has 7 heteroatoms. The van der Waals surface area contributed by atoms with Gasteiger partial charge in [0.25, 0.3) is 5.91 Å². The van der Waals surface area contributed by atoms with E-state index >= 15 is 0 Å². The zero-order valence-electron chi connectivity index (χ0n) is 9.28. The maximum absolute atomic E-state index is 11.4. The predicted molar refractivity (Wildman–Crippen MR) is 59.9 cm³/mol. The molecule has 0 aliphatic heterocycles. The van der Waals surface area contributed by atoms with Crippen LogP contribution in [-0.4, -0.2) is 33.5 Å². The Hall–Kier alpha value is -2.05. The lowest BCUT2D eigenvalue weighted by Gasteiger charge is -2.02. The van der Waals surface area contributed by atoms with E-state index < -0.39 is 11.7 Å². The molecule has 1 aromatic heterocycles. The fourth-order valence-corrected chi connectivity index (χ4v) is 1.33. The Balaban J connectivity index is 2.13. The molecule has 94 valence electrons. The number of imidazole rings is 1. The van der Waals surface area contributed by atoms with Crippen LogP contribution in [0, 0.1) is 0 Å². The molecule has 0 aromatic carbocycles. The number of hydrogen-bond acceptors (Lipinski definition) is 3. The van der Waals surface area contributed by atoms with Gasteiger partial charge in [-0.25, -0.2) is 4.79 Å². The van der Waals surface area contributed by atoms with E-state index in [4.69, 9.17) is 5.11 Å². The zero-order chi connectivity index (χ0) is 12.7. The number of nitrogens with one attached hydrogen (secondary N) is 3. The Morgan fingerprint density at radius 2 is 2.06 bits per heavy atom. The van der Waals surface area contributed by atoms with Crippen LogP contribution in [0.1, 0.15) is 36.2 Å². The van der Waals surface area contributed by atoms with Crippen molar-refractivity contribution in [3.63, 3.8) is 0 Å². The highest BCUT2D eigenvalue weighted by Crippen LogP contribution is 1.98. The van der Waals surface area contributed by atoms with Crippen molar-refractivity contribution in [2.45, 2.75) is 25.7 Å². The molecule has 0 radical (unpaired) electrons. The van der Waals surface area contributed by atoms with Crippen molar-refractivity contribution < 1.29 is 14.7 Å². The van der Waals surface area contributed by atoms with Crippen LogP contribution in [0.15, 0.2) is 11.0 Å². The second-order valence-electron chi connectivity index (χ2n) is 3.62. The molecule has 0 unspecified atom stereocenters. The topological polar surface area (TPSA) is 115 Å². The quantitative estimate of drug-likeness (QED) is 0.506. The van der Waals surface area contributed by atoms with Gasteiger partial charge in [0, 0.05) is 19.2 Å². The Kier molecular flexibility index (Phi) is 4.99. The van der Waals surface area contributed by atoms with Gasteiger partial charge < -0.3 is 20.4 Å². The Morgan fingerprint density at radius 1 is 1.29 bits per heavy atom. The standard InChI is InChI=1S/C10H15N3O4/c14-8(15)4-2-1-3-5-11-9(16)7-6-12-10(17)13-7/h6H,1-5H2,(H,11,16)(H,14,15)(H2,12,13,17). The normalized spacial score (nSPS) is 10.1. The lowest BCUT2D eigenvalue weighted by molar-refractivity contribution is -0.137. The molecule has 1 rings (SSSR count). The number of carbonyl (C=O) groups is 2. The molecule has 1 amide bonds. The molecule has 17 heavy (non-hydrogen) atoms. The third-order valence-corrected chi connectivity index (χ3v) is 2.19. The molecule has 0 saturated heterocycles. The molecular weight excluding hydrogens is 226 g/mol. The molecule has 1 aromatic rings. The third-order valence-electron chi connectivity index (χ3n) is 2.19. The maximum Gasteiger partial charge on any atom is 0.323 e. The van der Waals surface area contributed by atoms with E-state index in [1.807, 2.05) is 0 Å². The number of aliphatic carboxylic acids is 1. The van der Waals surface area contributed by atoms with Gasteiger partial charge in [0.1, 0.15) is 5.69 Å². The molecule has 0 fully saturated rings. The maximum atomic E-state index is 11.4. The summed E-state index contributed by atoms with van der Waals surface area (Å²) >= 11 is 0. The van der Waals surface area contributed by atoms with Crippen LogP contribution in [0.5, 0.6) is 0 Å². The number of aromatic nitrogens is 2. The van der Waals surface area contributed by atoms with Gasteiger partial charge in [0.2, 0.25) is 0 Å². The van der Waals surface area contributed by atoms with Crippen LogP contribution in [0.3, 0.4) is 0 Å². The molecule has 0 saturated carbocycles. The van der Waals surface area contributed by atoms with Gasteiger partial charge in [-0.1, -0.05) is 6.42 Å². The molecule has 0 bridgehead atoms. The van der Waals surface area contributed by atoms with Gasteiger partial charge >= 0.3 is 11.7 Å². The highest BCUT2D eigenvalue weighted by Gasteiger charge is 2.06. The Labute approximate surface area is 97.2 Å². The Bertz CT molecular complexity index is 435. The lowest BCUT2D eigenvalue weighted by atomic mass is 10.2. The van der Waals surface area contributed by atoms with E-state index in [0.717, 1.165) is 6.42 Å². The van der Waals surface area contributed by atoms with Crippen molar-refractivity contribution in [2.24, 2.45) is 0 Å². The van der Waals surface area contributed by atoms with E-state index in [1.54, 1.807) is 0 Å². The SMILES string of the molecule is O=C(O)CCCCCNC(=O)c1c[nH]c(=O)[nH]1. The Morgan fingerprint density at radius 3 is 2.65 bits per heavy atom. The highest BCUT2D eigenvalue weighted by atomic mass is 16.4. The van der Waals surface area contributed by atoms with Crippen molar-refractivity contribution in [3.8, 4) is 0 Å². The largest absolute Gasteiger partial charge is 0.481 e. The van der Waals surface area contributed by atoms with E-state index in [0.29, 0.717) is 19.4 Å². The second kappa shape index (κ2) is 6.51. The summed E-state index contributed by atoms with van der Waals surface area (Å²) in [6.07, 6.45) is 3.53. The van der Waals surface area contributed by atoms with E-state index in [1.165, 1.54) is 6.20 Å². The van der Waals surface area contributed by atoms with Gasteiger partial charge in [-0.3, -0.25) is 9.59 Å². The van der Waals surface area contributed by atoms with E-state index in [-0.39, 0.29) is 18.0 Å². The van der Waals surface area contributed by atoms with Gasteiger partial charge in [0.15, 0.2) is 0 Å². The molecule has 0 spiro atoms. The predicted octanol–water partition coefficient (Wildman–Crippen LogP) is 0.0778. The van der Waals surface area contributed by atoms with Crippen LogP contribution in [0.25, 0.3) is 0 Å². The van der Waals surface area contributed by atoms with Crippen molar-refractivity contribution in [1.82, 2.24) is 15.3 Å². The number of carboxylic acid groups (broad SMARTS) is 1. The molecule has 0 aliphatic carbocycles. The van der Waals surface area contributed by atoms with Crippen LogP contribution < -0.4 is 11.0 Å². The minimum Gasteiger partial charge on any atom is -0.481 e. The number of hydrogen-bond donors (Lipinski definition) is 4. The summed E-state index contributed by atoms with van der Waals surface area (Å²) in [5.41, 5.74) is -0.225. The number of unbranched alkanes of at least 4 members (excludes halogenated alkanes) is 2. The molecular formula is C10H15N3O4. The zero-order valence-corrected chi connectivity index (χ0v) is 9.28. The third kappa shape index (κ3) is 5.01. The van der Waals surface area contributed by atoms with Gasteiger partial charge in [-0.15, -0.1) is 0 Å². The fraction of sp³-hybridized carbons (Fsp3) is 0.500. The van der Waals surface area contributed by atoms with Gasteiger partial charge in [-0.2, -0.15) is 0 Å². The molecule has 4 N–H and O–H groups in total. The van der Waals surface area contributed by atoms with Crippen molar-refractivity contribution in [3.05, 3.63) is 22.4 Å². The number of carboxylic acids is 1. The monoisotopic (exact) mass is 241 g/mol. The summed E-state index contributed by atoms with van der Waals surface area (Å²) in [5, 5.41) is 11.0. The summed E-state index contributed by atoms with van der Waals surface area (Å²) < 4.78 is 0. The summed E-state index contributed by atoms with van der Waals surface area (Å²) in [6.45, 7) is 0.464. The van der Waals surface area contributed by atoms with Gasteiger partial charge in [0.05, 0.1) is 0 Å². The summed E-state index contributed by atoms with van der Waals surface area (Å²) in [6, 6.07) is 0. The summed E-state index contributed by atoms with van der Waals surface area (Å²) in [5.74, 6) is -1.15. The van der Waals surface area contributed by atoms with Gasteiger partial charge in [-0.05, 0) is 12.8 Å². The first-order valence-electron chi connectivity index (χ1n) is 5.37. The lowest BCUT2D eigenvalue weighted by Crippen LogP contribution is -2.25. The van der Waals surface area contributed by atoms with Crippen LogP contribution in [0.4, 0.5) is 0 Å². The molecule has 7 nitrogen and oxygen atoms in total. The number of carbonyl (C=O) groups excluding carboxylic acids is 1. The first-order valence-corrected chi connectivity index (χ1v) is 5.37. The minimum absolute atomic E-state index is 0.152. The first kappa shape index (κ1) is 13.0. The average Bonchev–Trinajstić information content (AvgIpc) is 2.69. The first-order chi connectivity index (χ1) is 8.09. The molecule has 0 atom stereocenters. The van der Waals surface area contributed by atoms with Crippen LogP contribution >= 0.6 is 0 Å². The van der Waals surface area contributed by atoms with E-state index in [9.17, 15) is 14.4 Å². The number of aromatic amines is 2. The van der Waals surface area contributed by atoms with Crippen LogP contribution in [-0.2, 0) is 4.79 Å². The summed E-state index contributed by atoms with van der Waals surface area (Å²) in [4.78, 5) is 37.0. The number of rotatable bonds is 7. The highest BCUT2D eigenvalue weighted by molar-refractivity contribution is 5.91. The molecule has 0 aliphatic rings. The van der Waals surface area contributed by atoms with Crippen molar-refractivity contribution >= 4 is 11.9 Å². The number of H-pyrrole nitrogens is 2. The average molecular weight is 241 g/mol. The smallest absolute Gasteiger partial charge is 0.323 e.